The molecule has 0 fully saturated rings. The zero-order valence-electron chi connectivity index (χ0n) is 10.0. The predicted molar refractivity (Wildman–Crippen MR) is 66.3 cm³/mol. The fourth-order valence-electron chi connectivity index (χ4n) is 1.74. The van der Waals surface area contributed by atoms with E-state index in [1.54, 1.807) is 26.2 Å². The normalized spacial score (nSPS) is 11.0. The first-order valence-electron chi connectivity index (χ1n) is 5.53. The molecule has 1 N–H and O–H groups in total. The van der Waals surface area contributed by atoms with E-state index in [0.29, 0.717) is 22.9 Å². The zero-order chi connectivity index (χ0) is 12.7. The van der Waals surface area contributed by atoms with Crippen LogP contribution in [0.1, 0.15) is 11.3 Å². The smallest absolute Gasteiger partial charge is 0.271 e. The van der Waals surface area contributed by atoms with Crippen LogP contribution in [0.2, 0.25) is 0 Å². The van der Waals surface area contributed by atoms with Crippen LogP contribution >= 0.6 is 0 Å². The van der Waals surface area contributed by atoms with E-state index in [-0.39, 0.29) is 5.56 Å². The summed E-state index contributed by atoms with van der Waals surface area (Å²) in [6, 6.07) is 3.64. The maximum atomic E-state index is 12.0. The van der Waals surface area contributed by atoms with Crippen LogP contribution < -0.4 is 5.56 Å². The molecule has 3 heterocycles. The van der Waals surface area contributed by atoms with Crippen molar-refractivity contribution in [1.29, 1.82) is 0 Å². The molecule has 0 aliphatic heterocycles. The van der Waals surface area contributed by atoms with Crippen LogP contribution in [0.15, 0.2) is 29.3 Å². The van der Waals surface area contributed by atoms with Crippen molar-refractivity contribution >= 4 is 5.78 Å². The highest BCUT2D eigenvalue weighted by Crippen LogP contribution is 2.13. The first-order valence-corrected chi connectivity index (χ1v) is 5.53. The van der Waals surface area contributed by atoms with Crippen molar-refractivity contribution in [2.75, 3.05) is 0 Å². The summed E-state index contributed by atoms with van der Waals surface area (Å²) in [5.74, 6) is 0.988. The molecule has 0 saturated heterocycles. The summed E-state index contributed by atoms with van der Waals surface area (Å²) in [4.78, 5) is 24.6. The number of pyridine rings is 1. The minimum absolute atomic E-state index is 0.120. The molecule has 18 heavy (non-hydrogen) atoms. The number of rotatable bonds is 1. The lowest BCUT2D eigenvalue weighted by atomic mass is 10.3. The van der Waals surface area contributed by atoms with Gasteiger partial charge in [-0.15, -0.1) is 0 Å². The van der Waals surface area contributed by atoms with E-state index in [0.717, 1.165) is 5.56 Å². The zero-order valence-corrected chi connectivity index (χ0v) is 10.0. The Hall–Kier alpha value is -2.50. The summed E-state index contributed by atoms with van der Waals surface area (Å²) in [7, 11) is 0. The summed E-state index contributed by atoms with van der Waals surface area (Å²) in [6.45, 7) is 3.56. The fraction of sp³-hybridized carbons (Fsp3) is 0.167. The van der Waals surface area contributed by atoms with Gasteiger partial charge in [0.2, 0.25) is 0 Å². The SMILES string of the molecule is Cc1nc2nc(-c3ccncc3)[nH]n2c(=O)c1C. The molecule has 0 aliphatic carbocycles. The van der Waals surface area contributed by atoms with E-state index in [1.807, 2.05) is 12.1 Å². The van der Waals surface area contributed by atoms with E-state index < -0.39 is 0 Å². The minimum Gasteiger partial charge on any atom is -0.271 e. The molecule has 3 rings (SSSR count). The summed E-state index contributed by atoms with van der Waals surface area (Å²) in [6.07, 6.45) is 3.35. The summed E-state index contributed by atoms with van der Waals surface area (Å²) in [5.41, 5.74) is 2.07. The molecule has 0 radical (unpaired) electrons. The molecule has 90 valence electrons. The van der Waals surface area contributed by atoms with Crippen molar-refractivity contribution in [1.82, 2.24) is 24.6 Å². The second-order valence-electron chi connectivity index (χ2n) is 4.07. The summed E-state index contributed by atoms with van der Waals surface area (Å²) in [5, 5.41) is 2.95. The molecule has 0 unspecified atom stereocenters. The number of nitrogens with zero attached hydrogens (tertiary/aromatic N) is 4. The molecule has 0 saturated carbocycles. The van der Waals surface area contributed by atoms with Gasteiger partial charge in [0.25, 0.3) is 11.3 Å². The van der Waals surface area contributed by atoms with E-state index in [2.05, 4.69) is 20.1 Å². The van der Waals surface area contributed by atoms with Crippen LogP contribution in [0.4, 0.5) is 0 Å². The number of aryl methyl sites for hydroxylation is 1. The summed E-state index contributed by atoms with van der Waals surface area (Å²) < 4.78 is 1.36. The van der Waals surface area contributed by atoms with Gasteiger partial charge in [-0.25, -0.2) is 4.98 Å². The molecule has 0 amide bonds. The van der Waals surface area contributed by atoms with Crippen molar-refractivity contribution in [3.63, 3.8) is 0 Å². The molecule has 3 aromatic heterocycles. The van der Waals surface area contributed by atoms with Crippen molar-refractivity contribution in [2.24, 2.45) is 0 Å². The first-order chi connectivity index (χ1) is 8.66. The van der Waals surface area contributed by atoms with Crippen molar-refractivity contribution in [3.8, 4) is 11.4 Å². The lowest BCUT2D eigenvalue weighted by Gasteiger charge is -1.97. The predicted octanol–water partition coefficient (Wildman–Crippen LogP) is 1.10. The number of H-pyrrole nitrogens is 1. The third kappa shape index (κ3) is 1.50. The molecule has 0 aliphatic rings. The Morgan fingerprint density at radius 2 is 1.89 bits per heavy atom. The lowest BCUT2D eigenvalue weighted by Crippen LogP contribution is -2.19. The molecule has 6 nitrogen and oxygen atoms in total. The van der Waals surface area contributed by atoms with Gasteiger partial charge in [-0.05, 0) is 26.0 Å². The van der Waals surface area contributed by atoms with Gasteiger partial charge in [0, 0.05) is 29.2 Å². The number of aromatic nitrogens is 5. The van der Waals surface area contributed by atoms with Crippen molar-refractivity contribution in [3.05, 3.63) is 46.1 Å². The highest BCUT2D eigenvalue weighted by Gasteiger charge is 2.10. The molecular formula is C12H11N5O. The molecule has 0 spiro atoms. The van der Waals surface area contributed by atoms with Crippen LogP contribution in [-0.2, 0) is 0 Å². The number of fused-ring (bicyclic) bond motifs is 1. The van der Waals surface area contributed by atoms with Crippen LogP contribution in [-0.4, -0.2) is 24.6 Å². The van der Waals surface area contributed by atoms with Crippen molar-refractivity contribution in [2.45, 2.75) is 13.8 Å². The Morgan fingerprint density at radius 3 is 2.61 bits per heavy atom. The quantitative estimate of drug-likeness (QED) is 0.692. The highest BCUT2D eigenvalue weighted by molar-refractivity contribution is 5.55. The Bertz CT molecular complexity index is 772. The fourth-order valence-corrected chi connectivity index (χ4v) is 1.74. The number of nitrogens with one attached hydrogen (secondary N) is 1. The largest absolute Gasteiger partial charge is 0.277 e. The van der Waals surface area contributed by atoms with Crippen molar-refractivity contribution < 1.29 is 0 Å². The average Bonchev–Trinajstić information content (AvgIpc) is 2.81. The van der Waals surface area contributed by atoms with Crippen LogP contribution in [0.5, 0.6) is 0 Å². The Labute approximate surface area is 102 Å². The van der Waals surface area contributed by atoms with E-state index in [1.165, 1.54) is 4.52 Å². The third-order valence-corrected chi connectivity index (χ3v) is 2.92. The lowest BCUT2D eigenvalue weighted by molar-refractivity contribution is 0.875. The Kier molecular flexibility index (Phi) is 2.22. The van der Waals surface area contributed by atoms with Gasteiger partial charge in [-0.3, -0.25) is 14.9 Å². The van der Waals surface area contributed by atoms with Gasteiger partial charge >= 0.3 is 0 Å². The van der Waals surface area contributed by atoms with Crippen LogP contribution in [0, 0.1) is 13.8 Å². The molecule has 6 heteroatoms. The van der Waals surface area contributed by atoms with Crippen LogP contribution in [0.3, 0.4) is 0 Å². The average molecular weight is 241 g/mol. The first kappa shape index (κ1) is 10.6. The number of hydrogen-bond donors (Lipinski definition) is 1. The molecule has 3 aromatic rings. The van der Waals surface area contributed by atoms with Gasteiger partial charge in [-0.1, -0.05) is 0 Å². The number of hydrogen-bond acceptors (Lipinski definition) is 4. The van der Waals surface area contributed by atoms with Gasteiger partial charge in [0.05, 0.1) is 0 Å². The Morgan fingerprint density at radius 1 is 1.17 bits per heavy atom. The molecular weight excluding hydrogens is 230 g/mol. The van der Waals surface area contributed by atoms with Gasteiger partial charge in [0.15, 0.2) is 5.82 Å². The van der Waals surface area contributed by atoms with Gasteiger partial charge < -0.3 is 0 Å². The maximum Gasteiger partial charge on any atom is 0.277 e. The second-order valence-corrected chi connectivity index (χ2v) is 4.07. The monoisotopic (exact) mass is 241 g/mol. The maximum absolute atomic E-state index is 12.0. The minimum atomic E-state index is -0.120. The molecule has 0 bridgehead atoms. The second kappa shape index (κ2) is 3.76. The molecule has 0 atom stereocenters. The van der Waals surface area contributed by atoms with Gasteiger partial charge in [0.1, 0.15) is 0 Å². The summed E-state index contributed by atoms with van der Waals surface area (Å²) >= 11 is 0. The third-order valence-electron chi connectivity index (χ3n) is 2.92. The van der Waals surface area contributed by atoms with E-state index in [9.17, 15) is 4.79 Å². The molecule has 0 aromatic carbocycles. The van der Waals surface area contributed by atoms with E-state index >= 15 is 0 Å². The van der Waals surface area contributed by atoms with E-state index in [4.69, 9.17) is 0 Å². The Balaban J connectivity index is 2.30. The standard InChI is InChI=1S/C12H11N5O/c1-7-8(2)14-12-15-10(16-17(12)11(7)18)9-3-5-13-6-4-9/h3-6H,1-2H3,(H,14,15,16). The van der Waals surface area contributed by atoms with Gasteiger partial charge in [-0.2, -0.15) is 9.50 Å². The van der Waals surface area contributed by atoms with Crippen LogP contribution in [0.25, 0.3) is 17.2 Å². The highest BCUT2D eigenvalue weighted by atomic mass is 16.1. The number of aromatic amines is 1. The topological polar surface area (TPSA) is 75.9 Å².